The molecule has 1 fully saturated rings. The van der Waals surface area contributed by atoms with Gasteiger partial charge in [0.2, 0.25) is 0 Å². The van der Waals surface area contributed by atoms with E-state index in [1.54, 1.807) is 16.3 Å². The van der Waals surface area contributed by atoms with Gasteiger partial charge in [-0.2, -0.15) is 0 Å². The van der Waals surface area contributed by atoms with Gasteiger partial charge in [-0.1, -0.05) is 25.1 Å². The first-order valence-corrected chi connectivity index (χ1v) is 8.65. The third kappa shape index (κ3) is 3.67. The molecule has 0 radical (unpaired) electrons. The molecule has 6 heteroatoms. The molecule has 0 spiro atoms. The summed E-state index contributed by atoms with van der Waals surface area (Å²) in [6.45, 7) is 7.26. The van der Waals surface area contributed by atoms with Crippen LogP contribution in [0.15, 0.2) is 9.95 Å². The molecule has 1 aromatic rings. The zero-order valence-electron chi connectivity index (χ0n) is 12.7. The Balaban J connectivity index is 1.85. The van der Waals surface area contributed by atoms with E-state index in [0.29, 0.717) is 6.04 Å². The highest BCUT2D eigenvalue weighted by atomic mass is 32.2. The highest BCUT2D eigenvalue weighted by molar-refractivity contribution is 7.99. The average Bonchev–Trinajstić information content (AvgIpc) is 2.97. The monoisotopic (exact) mass is 298 g/mol. The Bertz CT molecular complexity index is 468. The molecule has 1 aromatic heterocycles. The quantitative estimate of drug-likeness (QED) is 0.759. The van der Waals surface area contributed by atoms with Gasteiger partial charge in [0.25, 0.3) is 0 Å². The number of nitrogens with zero attached hydrogens (tertiary/aromatic N) is 2. The van der Waals surface area contributed by atoms with Gasteiger partial charge in [-0.15, -0.1) is 5.10 Å². The Morgan fingerprint density at radius 3 is 3.00 bits per heavy atom. The van der Waals surface area contributed by atoms with Crippen LogP contribution >= 0.6 is 11.8 Å². The number of hydrogen-bond acceptors (Lipinski definition) is 4. The van der Waals surface area contributed by atoms with Crippen LogP contribution in [0.2, 0.25) is 0 Å². The minimum atomic E-state index is -0.103. The Labute approximate surface area is 124 Å². The standard InChI is InChI=1S/C14H26N4OS/c1-4-15-12-7-5-6-11(12)8-9-20-14-17-16-13(19)18(14)10(2)3/h10-12,15H,4-9H2,1-3H3,(H,16,19). The minimum Gasteiger partial charge on any atom is -0.314 e. The van der Waals surface area contributed by atoms with E-state index in [9.17, 15) is 4.79 Å². The Hall–Kier alpha value is -0.750. The fourth-order valence-electron chi connectivity index (χ4n) is 3.06. The summed E-state index contributed by atoms with van der Waals surface area (Å²) in [6.07, 6.45) is 5.17. The molecule has 0 bridgehead atoms. The summed E-state index contributed by atoms with van der Waals surface area (Å²) in [7, 11) is 0. The van der Waals surface area contributed by atoms with Gasteiger partial charge in [0.15, 0.2) is 5.16 Å². The predicted molar refractivity (Wildman–Crippen MR) is 83.4 cm³/mol. The second-order valence-corrected chi connectivity index (χ2v) is 6.83. The topological polar surface area (TPSA) is 62.7 Å². The summed E-state index contributed by atoms with van der Waals surface area (Å²) in [5.41, 5.74) is -0.103. The highest BCUT2D eigenvalue weighted by Gasteiger charge is 2.26. The zero-order chi connectivity index (χ0) is 14.5. The molecule has 2 N–H and O–H groups in total. The molecule has 114 valence electrons. The van der Waals surface area contributed by atoms with Gasteiger partial charge in [0.1, 0.15) is 0 Å². The van der Waals surface area contributed by atoms with Crippen molar-refractivity contribution in [3.63, 3.8) is 0 Å². The molecule has 1 saturated carbocycles. The summed E-state index contributed by atoms with van der Waals surface area (Å²) < 4.78 is 1.74. The fourth-order valence-corrected chi connectivity index (χ4v) is 4.21. The highest BCUT2D eigenvalue weighted by Crippen LogP contribution is 2.30. The SMILES string of the molecule is CCNC1CCCC1CCSc1n[nH]c(=O)n1C(C)C. The van der Waals surface area contributed by atoms with Gasteiger partial charge in [0, 0.05) is 17.8 Å². The zero-order valence-corrected chi connectivity index (χ0v) is 13.5. The van der Waals surface area contributed by atoms with Gasteiger partial charge < -0.3 is 5.32 Å². The summed E-state index contributed by atoms with van der Waals surface area (Å²) in [4.78, 5) is 11.7. The van der Waals surface area contributed by atoms with Crippen LogP contribution in [0.25, 0.3) is 0 Å². The van der Waals surface area contributed by atoms with E-state index in [0.717, 1.165) is 23.4 Å². The third-order valence-corrected chi connectivity index (χ3v) is 5.02. The van der Waals surface area contributed by atoms with E-state index in [1.165, 1.54) is 25.7 Å². The van der Waals surface area contributed by atoms with E-state index in [2.05, 4.69) is 22.4 Å². The van der Waals surface area contributed by atoms with Gasteiger partial charge in [-0.3, -0.25) is 4.57 Å². The average molecular weight is 298 g/mol. The van der Waals surface area contributed by atoms with Crippen LogP contribution in [-0.4, -0.2) is 33.1 Å². The number of aromatic nitrogens is 3. The molecule has 0 amide bonds. The summed E-state index contributed by atoms with van der Waals surface area (Å²) in [6, 6.07) is 0.844. The van der Waals surface area contributed by atoms with Crippen LogP contribution in [0, 0.1) is 5.92 Å². The number of thioether (sulfide) groups is 1. The molecule has 20 heavy (non-hydrogen) atoms. The number of nitrogens with one attached hydrogen (secondary N) is 2. The van der Waals surface area contributed by atoms with E-state index in [4.69, 9.17) is 0 Å². The van der Waals surface area contributed by atoms with Crippen LogP contribution in [-0.2, 0) is 0 Å². The number of aromatic amines is 1. The van der Waals surface area contributed by atoms with Crippen molar-refractivity contribution in [3.8, 4) is 0 Å². The molecule has 2 atom stereocenters. The van der Waals surface area contributed by atoms with Gasteiger partial charge >= 0.3 is 5.69 Å². The van der Waals surface area contributed by atoms with Crippen molar-refractivity contribution in [3.05, 3.63) is 10.5 Å². The van der Waals surface area contributed by atoms with Gasteiger partial charge in [-0.05, 0) is 45.6 Å². The first-order chi connectivity index (χ1) is 9.63. The summed E-state index contributed by atoms with van der Waals surface area (Å²) in [5, 5.41) is 11.1. The molecule has 0 aromatic carbocycles. The fraction of sp³-hybridized carbons (Fsp3) is 0.857. The maximum Gasteiger partial charge on any atom is 0.344 e. The minimum absolute atomic E-state index is 0.103. The number of rotatable bonds is 7. The lowest BCUT2D eigenvalue weighted by Crippen LogP contribution is -2.32. The Morgan fingerprint density at radius 1 is 1.50 bits per heavy atom. The molecule has 1 heterocycles. The maximum absolute atomic E-state index is 11.7. The van der Waals surface area contributed by atoms with Crippen molar-refractivity contribution in [2.24, 2.45) is 5.92 Å². The normalized spacial score (nSPS) is 22.8. The Morgan fingerprint density at radius 2 is 2.30 bits per heavy atom. The van der Waals surface area contributed by atoms with Crippen molar-refractivity contribution < 1.29 is 0 Å². The first-order valence-electron chi connectivity index (χ1n) is 7.66. The lowest BCUT2D eigenvalue weighted by molar-refractivity contribution is 0.400. The van der Waals surface area contributed by atoms with Crippen molar-refractivity contribution >= 4 is 11.8 Å². The van der Waals surface area contributed by atoms with Crippen molar-refractivity contribution in [1.82, 2.24) is 20.1 Å². The van der Waals surface area contributed by atoms with Crippen LogP contribution in [0.5, 0.6) is 0 Å². The maximum atomic E-state index is 11.7. The molecule has 2 rings (SSSR count). The second-order valence-electron chi connectivity index (χ2n) is 5.77. The van der Waals surface area contributed by atoms with Crippen LogP contribution in [0.1, 0.15) is 52.5 Å². The Kier molecular flexibility index (Phi) is 5.72. The molecule has 0 saturated heterocycles. The van der Waals surface area contributed by atoms with Crippen molar-refractivity contribution in [2.75, 3.05) is 12.3 Å². The number of hydrogen-bond donors (Lipinski definition) is 2. The largest absolute Gasteiger partial charge is 0.344 e. The van der Waals surface area contributed by atoms with E-state index >= 15 is 0 Å². The molecule has 5 nitrogen and oxygen atoms in total. The second kappa shape index (κ2) is 7.31. The molecule has 1 aliphatic carbocycles. The molecular formula is C14H26N4OS. The van der Waals surface area contributed by atoms with Gasteiger partial charge in [-0.25, -0.2) is 9.89 Å². The molecule has 2 unspecified atom stereocenters. The smallest absolute Gasteiger partial charge is 0.314 e. The van der Waals surface area contributed by atoms with Crippen LogP contribution in [0.4, 0.5) is 0 Å². The van der Waals surface area contributed by atoms with E-state index in [1.807, 2.05) is 13.8 Å². The first kappa shape index (κ1) is 15.6. The van der Waals surface area contributed by atoms with E-state index in [-0.39, 0.29) is 11.7 Å². The van der Waals surface area contributed by atoms with Crippen molar-refractivity contribution in [2.45, 2.75) is 63.7 Å². The predicted octanol–water partition coefficient (Wildman–Crippen LogP) is 2.41. The lowest BCUT2D eigenvalue weighted by Gasteiger charge is -2.20. The van der Waals surface area contributed by atoms with Crippen LogP contribution < -0.4 is 11.0 Å². The molecular weight excluding hydrogens is 272 g/mol. The lowest BCUT2D eigenvalue weighted by atomic mass is 10.0. The van der Waals surface area contributed by atoms with E-state index < -0.39 is 0 Å². The van der Waals surface area contributed by atoms with Crippen molar-refractivity contribution in [1.29, 1.82) is 0 Å². The summed E-state index contributed by atoms with van der Waals surface area (Å²) in [5.74, 6) is 1.81. The molecule has 1 aliphatic rings. The number of H-pyrrole nitrogens is 1. The molecule has 0 aliphatic heterocycles. The van der Waals surface area contributed by atoms with Crippen LogP contribution in [0.3, 0.4) is 0 Å². The third-order valence-electron chi connectivity index (χ3n) is 4.03. The summed E-state index contributed by atoms with van der Waals surface area (Å²) >= 11 is 1.70. The van der Waals surface area contributed by atoms with Gasteiger partial charge in [0.05, 0.1) is 0 Å².